The van der Waals surface area contributed by atoms with Crippen LogP contribution < -0.4 is 0 Å². The van der Waals surface area contributed by atoms with Gasteiger partial charge in [0.1, 0.15) is 36.8 Å². The zero-order chi connectivity index (χ0) is 17.1. The molecule has 130 valence electrons. The van der Waals surface area contributed by atoms with Crippen molar-refractivity contribution in [2.24, 2.45) is 11.8 Å². The summed E-state index contributed by atoms with van der Waals surface area (Å²) in [4.78, 5) is 0. The van der Waals surface area contributed by atoms with Gasteiger partial charge in [-0.2, -0.15) is 8.42 Å². The Hall–Kier alpha value is -0.500. The Labute approximate surface area is 127 Å². The summed E-state index contributed by atoms with van der Waals surface area (Å²) in [6.07, 6.45) is -6.33. The molecule has 0 aromatic rings. The van der Waals surface area contributed by atoms with Crippen LogP contribution >= 0.6 is 0 Å². The number of aliphatic hydroxyl groups is 6. The van der Waals surface area contributed by atoms with Crippen molar-refractivity contribution in [2.45, 2.75) is 30.8 Å². The first kappa shape index (κ1) is 19.5. The molecule has 1 rings (SSSR count). The van der Waals surface area contributed by atoms with Gasteiger partial charge in [-0.05, 0) is 0 Å². The molecule has 10 nitrogen and oxygen atoms in total. The standard InChI is InChI=1S/C11H20O10S/c12-2-6-5(7(3-13)11(17)10(6)16)1-8(15)9(4-14)21-22(18,19)20/h6-17H,1-4H2/p+1/t6-,7-,8-,9+,10-,11-/m1/s1. The molecular formula is C11H21O10S+. The molecule has 1 fully saturated rings. The molecule has 0 aliphatic heterocycles. The highest BCUT2D eigenvalue weighted by Crippen LogP contribution is 2.42. The third kappa shape index (κ3) is 4.50. The molecule has 0 amide bonds. The van der Waals surface area contributed by atoms with E-state index in [-0.39, 0.29) is 12.3 Å². The van der Waals surface area contributed by atoms with Gasteiger partial charge >= 0.3 is 10.4 Å². The van der Waals surface area contributed by atoms with E-state index >= 15 is 0 Å². The van der Waals surface area contributed by atoms with Crippen molar-refractivity contribution in [3.63, 3.8) is 0 Å². The van der Waals surface area contributed by atoms with Crippen LogP contribution in [-0.2, 0) is 14.6 Å². The van der Waals surface area contributed by atoms with Crippen molar-refractivity contribution in [1.29, 1.82) is 0 Å². The monoisotopic (exact) mass is 345 g/mol. The van der Waals surface area contributed by atoms with Crippen LogP contribution in [0.5, 0.6) is 0 Å². The third-order valence-corrected chi connectivity index (χ3v) is 4.31. The lowest BCUT2D eigenvalue weighted by molar-refractivity contribution is -0.0135. The van der Waals surface area contributed by atoms with Crippen molar-refractivity contribution in [3.05, 3.63) is 5.92 Å². The van der Waals surface area contributed by atoms with E-state index < -0.39 is 66.5 Å². The summed E-state index contributed by atoms with van der Waals surface area (Å²) in [6.45, 7) is -2.04. The van der Waals surface area contributed by atoms with Gasteiger partial charge in [-0.1, -0.05) is 0 Å². The molecule has 7 N–H and O–H groups in total. The van der Waals surface area contributed by atoms with E-state index in [4.69, 9.17) is 9.66 Å². The van der Waals surface area contributed by atoms with Crippen LogP contribution in [0.1, 0.15) is 6.42 Å². The molecule has 0 aromatic heterocycles. The zero-order valence-corrected chi connectivity index (χ0v) is 12.4. The lowest BCUT2D eigenvalue weighted by Crippen LogP contribution is -2.37. The van der Waals surface area contributed by atoms with Crippen molar-refractivity contribution in [2.75, 3.05) is 19.8 Å². The van der Waals surface area contributed by atoms with Gasteiger partial charge in [-0.3, -0.25) is 4.55 Å². The predicted molar refractivity (Wildman–Crippen MR) is 70.5 cm³/mol. The minimum atomic E-state index is -4.90. The van der Waals surface area contributed by atoms with Gasteiger partial charge in [-0.25, -0.2) is 4.18 Å². The highest BCUT2D eigenvalue weighted by molar-refractivity contribution is 7.80. The summed E-state index contributed by atoms with van der Waals surface area (Å²) in [5.41, 5.74) is 0. The minimum absolute atomic E-state index is 0.217. The van der Waals surface area contributed by atoms with E-state index in [2.05, 4.69) is 4.18 Å². The molecule has 0 radical (unpaired) electrons. The second-order valence-corrected chi connectivity index (χ2v) is 6.20. The summed E-state index contributed by atoms with van der Waals surface area (Å²) < 4.78 is 33.9. The minimum Gasteiger partial charge on any atom is -0.394 e. The van der Waals surface area contributed by atoms with Gasteiger partial charge in [-0.15, -0.1) is 0 Å². The Morgan fingerprint density at radius 1 is 1.05 bits per heavy atom. The SMILES string of the molecule is O=S(=O)(O)O[C@@H](CO)[C@H](O)C[C+]1[C@@H](CO)[C@@H](O)[C@H](O)[C@@H]1CO. The van der Waals surface area contributed by atoms with Crippen LogP contribution in [0, 0.1) is 17.8 Å². The Balaban J connectivity index is 2.84. The number of aliphatic hydroxyl groups excluding tert-OH is 6. The fourth-order valence-corrected chi connectivity index (χ4v) is 3.19. The lowest BCUT2D eigenvalue weighted by Gasteiger charge is -2.21. The molecule has 0 bridgehead atoms. The second kappa shape index (κ2) is 7.86. The van der Waals surface area contributed by atoms with Crippen molar-refractivity contribution < 1.29 is 47.8 Å². The Morgan fingerprint density at radius 2 is 1.50 bits per heavy atom. The summed E-state index contributed by atoms with van der Waals surface area (Å²) in [6, 6.07) is 0. The molecule has 1 aliphatic carbocycles. The van der Waals surface area contributed by atoms with Gasteiger partial charge in [0.25, 0.3) is 0 Å². The summed E-state index contributed by atoms with van der Waals surface area (Å²) in [7, 11) is -4.90. The fourth-order valence-electron chi connectivity index (χ4n) is 2.69. The highest BCUT2D eigenvalue weighted by Gasteiger charge is 2.58. The smallest absolute Gasteiger partial charge is 0.394 e. The van der Waals surface area contributed by atoms with Gasteiger partial charge < -0.3 is 30.6 Å². The number of hydrogen-bond acceptors (Lipinski definition) is 9. The largest absolute Gasteiger partial charge is 0.397 e. The van der Waals surface area contributed by atoms with Gasteiger partial charge in [0.15, 0.2) is 11.8 Å². The molecule has 11 heteroatoms. The average molecular weight is 345 g/mol. The Morgan fingerprint density at radius 3 is 1.82 bits per heavy atom. The summed E-state index contributed by atoms with van der Waals surface area (Å²) >= 11 is 0. The summed E-state index contributed by atoms with van der Waals surface area (Å²) in [5, 5.41) is 57.0. The van der Waals surface area contributed by atoms with E-state index in [1.54, 1.807) is 0 Å². The first-order valence-electron chi connectivity index (χ1n) is 6.54. The van der Waals surface area contributed by atoms with Crippen LogP contribution in [0.3, 0.4) is 0 Å². The van der Waals surface area contributed by atoms with E-state index in [1.165, 1.54) is 0 Å². The van der Waals surface area contributed by atoms with E-state index in [9.17, 15) is 34.0 Å². The van der Waals surface area contributed by atoms with Crippen LogP contribution in [0.2, 0.25) is 0 Å². The van der Waals surface area contributed by atoms with Gasteiger partial charge in [0.05, 0.1) is 19.8 Å². The normalized spacial score (nSPS) is 32.2. The second-order valence-electron chi connectivity index (χ2n) is 5.15. The van der Waals surface area contributed by atoms with Gasteiger partial charge in [0.2, 0.25) is 0 Å². The Kier molecular flexibility index (Phi) is 6.98. The fraction of sp³-hybridized carbons (Fsp3) is 0.909. The molecule has 0 heterocycles. The van der Waals surface area contributed by atoms with E-state index in [1.807, 2.05) is 0 Å². The van der Waals surface area contributed by atoms with Gasteiger partial charge in [0, 0.05) is 0 Å². The van der Waals surface area contributed by atoms with E-state index in [0.29, 0.717) is 0 Å². The van der Waals surface area contributed by atoms with Crippen LogP contribution in [0.4, 0.5) is 0 Å². The lowest BCUT2D eigenvalue weighted by atomic mass is 9.84. The molecule has 0 unspecified atom stereocenters. The van der Waals surface area contributed by atoms with Crippen LogP contribution in [0.15, 0.2) is 0 Å². The topological polar surface area (TPSA) is 185 Å². The molecule has 1 aliphatic rings. The molecule has 0 spiro atoms. The quantitative estimate of drug-likeness (QED) is 0.171. The first-order chi connectivity index (χ1) is 10.2. The molecule has 22 heavy (non-hydrogen) atoms. The van der Waals surface area contributed by atoms with Crippen LogP contribution in [0.25, 0.3) is 0 Å². The Bertz CT molecular complexity index is 424. The third-order valence-electron chi connectivity index (χ3n) is 3.82. The highest BCUT2D eigenvalue weighted by atomic mass is 32.3. The molecule has 1 saturated carbocycles. The van der Waals surface area contributed by atoms with Crippen LogP contribution in [-0.4, -0.2) is 87.8 Å². The summed E-state index contributed by atoms with van der Waals surface area (Å²) in [5.74, 6) is -1.63. The van der Waals surface area contributed by atoms with Crippen molar-refractivity contribution in [3.8, 4) is 0 Å². The van der Waals surface area contributed by atoms with Crippen molar-refractivity contribution in [1.82, 2.24) is 0 Å². The maximum absolute atomic E-state index is 10.6. The predicted octanol–water partition coefficient (Wildman–Crippen LogP) is -3.56. The molecule has 6 atom stereocenters. The zero-order valence-electron chi connectivity index (χ0n) is 11.6. The number of rotatable bonds is 8. The average Bonchev–Trinajstić information content (AvgIpc) is 2.66. The molecule has 0 aromatic carbocycles. The molecule has 0 saturated heterocycles. The maximum atomic E-state index is 10.6. The maximum Gasteiger partial charge on any atom is 0.397 e. The van der Waals surface area contributed by atoms with E-state index in [0.717, 1.165) is 0 Å². The van der Waals surface area contributed by atoms with Crippen molar-refractivity contribution >= 4 is 10.4 Å². The molecular weight excluding hydrogens is 324 g/mol. The first-order valence-corrected chi connectivity index (χ1v) is 7.90. The number of hydrogen-bond donors (Lipinski definition) is 7.